The molecule has 2 aromatic heterocycles. The molecule has 2 atom stereocenters. The SMILES string of the molecule is Cc1ccc(C)n1POc1cc(C(C)(C)C)cc2c1Oc1c(OP3Oc4ccccc4Cc4cccn43)cc(C(C)(C)C)cc1C2(C)C. The minimum atomic E-state index is -1.57. The van der Waals surface area contributed by atoms with E-state index in [0.29, 0.717) is 11.5 Å². The fourth-order valence-corrected chi connectivity index (χ4v) is 8.60. The summed E-state index contributed by atoms with van der Waals surface area (Å²) in [4.78, 5) is 0. The first-order valence-corrected chi connectivity index (χ1v) is 18.6. The number of aryl methyl sites for hydroxylation is 2. The molecule has 3 aromatic carbocycles. The lowest BCUT2D eigenvalue weighted by Gasteiger charge is -2.38. The van der Waals surface area contributed by atoms with Gasteiger partial charge < -0.3 is 18.3 Å². The van der Waals surface area contributed by atoms with Crippen molar-refractivity contribution in [3.63, 3.8) is 0 Å². The van der Waals surface area contributed by atoms with Crippen molar-refractivity contribution >= 4 is 17.5 Å². The Balaban J connectivity index is 1.38. The van der Waals surface area contributed by atoms with Gasteiger partial charge in [-0.25, -0.2) is 0 Å². The molecule has 2 aliphatic heterocycles. The molecule has 0 saturated heterocycles. The van der Waals surface area contributed by atoms with Crippen LogP contribution in [0.2, 0.25) is 0 Å². The first-order chi connectivity index (χ1) is 22.6. The second-order valence-electron chi connectivity index (χ2n) is 15.6. The molecule has 0 aliphatic carbocycles. The number of aromatic nitrogens is 2. The molecule has 7 rings (SSSR count). The van der Waals surface area contributed by atoms with Crippen molar-refractivity contribution in [3.8, 4) is 28.7 Å². The Hall–Kier alpha value is -3.72. The van der Waals surface area contributed by atoms with Crippen LogP contribution >= 0.6 is 17.5 Å². The van der Waals surface area contributed by atoms with E-state index in [2.05, 4.69) is 145 Å². The third kappa shape index (κ3) is 5.82. The molecule has 4 heterocycles. The molecule has 5 aromatic rings. The maximum atomic E-state index is 7.04. The van der Waals surface area contributed by atoms with Crippen LogP contribution in [0.25, 0.3) is 0 Å². The quantitative estimate of drug-likeness (QED) is 0.173. The predicted octanol–water partition coefficient (Wildman–Crippen LogP) is 11.5. The van der Waals surface area contributed by atoms with Gasteiger partial charge in [-0.15, -0.1) is 0 Å². The van der Waals surface area contributed by atoms with Crippen molar-refractivity contribution in [1.29, 1.82) is 0 Å². The van der Waals surface area contributed by atoms with Gasteiger partial charge in [-0.1, -0.05) is 85.7 Å². The Morgan fingerprint density at radius 2 is 1.38 bits per heavy atom. The van der Waals surface area contributed by atoms with Crippen LogP contribution in [0.4, 0.5) is 0 Å². The van der Waals surface area contributed by atoms with Gasteiger partial charge >= 0.3 is 8.53 Å². The molecule has 0 bridgehead atoms. The molecular formula is C40H46N2O4P2. The van der Waals surface area contributed by atoms with Crippen molar-refractivity contribution in [1.82, 2.24) is 8.68 Å². The lowest BCUT2D eigenvalue weighted by atomic mass is 9.72. The number of ether oxygens (including phenoxy) is 1. The summed E-state index contributed by atoms with van der Waals surface area (Å²) in [6.45, 7) is 22.3. The van der Waals surface area contributed by atoms with Crippen LogP contribution in [-0.4, -0.2) is 8.68 Å². The van der Waals surface area contributed by atoms with Crippen molar-refractivity contribution in [2.75, 3.05) is 0 Å². The van der Waals surface area contributed by atoms with Gasteiger partial charge in [0.2, 0.25) is 0 Å². The topological polar surface area (TPSA) is 46.8 Å². The van der Waals surface area contributed by atoms with Gasteiger partial charge in [0, 0.05) is 51.8 Å². The molecule has 6 nitrogen and oxygen atoms in total. The minimum Gasteiger partial charge on any atom is -0.451 e. The first kappa shape index (κ1) is 32.8. The largest absolute Gasteiger partial charge is 0.451 e. The molecule has 0 fully saturated rings. The molecule has 48 heavy (non-hydrogen) atoms. The van der Waals surface area contributed by atoms with E-state index in [4.69, 9.17) is 18.3 Å². The number of benzene rings is 3. The second kappa shape index (κ2) is 11.7. The molecule has 0 radical (unpaired) electrons. The zero-order valence-electron chi connectivity index (χ0n) is 29.7. The van der Waals surface area contributed by atoms with Gasteiger partial charge in [0.05, 0.1) is 0 Å². The van der Waals surface area contributed by atoms with E-state index < -0.39 is 13.9 Å². The maximum Gasteiger partial charge on any atom is 0.421 e. The molecule has 8 heteroatoms. The van der Waals surface area contributed by atoms with E-state index in [1.807, 2.05) is 12.1 Å². The summed E-state index contributed by atoms with van der Waals surface area (Å²) < 4.78 is 31.8. The van der Waals surface area contributed by atoms with E-state index in [9.17, 15) is 0 Å². The first-order valence-electron chi connectivity index (χ1n) is 16.7. The lowest BCUT2D eigenvalue weighted by Crippen LogP contribution is -2.27. The molecule has 250 valence electrons. The van der Waals surface area contributed by atoms with E-state index >= 15 is 0 Å². The zero-order chi connectivity index (χ0) is 34.2. The van der Waals surface area contributed by atoms with Crippen LogP contribution < -0.4 is 18.3 Å². The highest BCUT2D eigenvalue weighted by Gasteiger charge is 2.41. The van der Waals surface area contributed by atoms with Crippen LogP contribution in [0.3, 0.4) is 0 Å². The standard InChI is InChI=1S/C40H46N2O4P2/c1-25-17-18-26(2)42(25)47-44-34-23-28(38(3,4)5)21-31-36(34)43-37-32(40(31,9)10)22-29(39(6,7)8)24-35(37)46-48-41-19-13-15-30(41)20-27-14-11-12-16-33(27)45-48/h11-19,21-24,47H,20H2,1-10H3. The molecule has 2 aliphatic rings. The predicted molar refractivity (Wildman–Crippen MR) is 198 cm³/mol. The summed E-state index contributed by atoms with van der Waals surface area (Å²) >= 11 is 0. The van der Waals surface area contributed by atoms with Crippen LogP contribution in [0.5, 0.6) is 28.7 Å². The highest BCUT2D eigenvalue weighted by molar-refractivity contribution is 7.46. The molecule has 0 spiro atoms. The average molecular weight is 681 g/mol. The third-order valence-electron chi connectivity index (χ3n) is 9.59. The van der Waals surface area contributed by atoms with Crippen molar-refractivity contribution in [3.05, 3.63) is 124 Å². The fraction of sp³-hybridized carbons (Fsp3) is 0.350. The number of rotatable bonds is 5. The normalized spacial score (nSPS) is 16.7. The van der Waals surface area contributed by atoms with Crippen molar-refractivity contribution < 1.29 is 18.3 Å². The number of fused-ring (bicyclic) bond motifs is 4. The number of hydrogen-bond acceptors (Lipinski definition) is 4. The summed E-state index contributed by atoms with van der Waals surface area (Å²) in [6.07, 6.45) is 2.83. The highest BCUT2D eigenvalue weighted by atomic mass is 31.2. The Morgan fingerprint density at radius 3 is 2.02 bits per heavy atom. The molecule has 0 N–H and O–H groups in total. The van der Waals surface area contributed by atoms with E-state index in [0.717, 1.165) is 46.1 Å². The van der Waals surface area contributed by atoms with E-state index in [1.165, 1.54) is 22.5 Å². The summed E-state index contributed by atoms with van der Waals surface area (Å²) in [6, 6.07) is 25.6. The Morgan fingerprint density at radius 1 is 0.771 bits per heavy atom. The monoisotopic (exact) mass is 680 g/mol. The van der Waals surface area contributed by atoms with Crippen LogP contribution in [0.15, 0.2) is 79.0 Å². The molecular weight excluding hydrogens is 634 g/mol. The number of hydrogen-bond donors (Lipinski definition) is 0. The van der Waals surface area contributed by atoms with Crippen molar-refractivity contribution in [2.45, 2.75) is 91.9 Å². The Bertz CT molecular complexity index is 2010. The van der Waals surface area contributed by atoms with Crippen molar-refractivity contribution in [2.24, 2.45) is 0 Å². The van der Waals surface area contributed by atoms with Gasteiger partial charge in [-0.05, 0) is 78.3 Å². The van der Waals surface area contributed by atoms with Gasteiger partial charge in [0.25, 0.3) is 0 Å². The Kier molecular flexibility index (Phi) is 8.00. The maximum absolute atomic E-state index is 7.04. The van der Waals surface area contributed by atoms with Gasteiger partial charge in [-0.2, -0.15) is 0 Å². The molecule has 0 saturated carbocycles. The Labute approximate surface area is 288 Å². The highest BCUT2D eigenvalue weighted by Crippen LogP contribution is 2.59. The third-order valence-corrected chi connectivity index (χ3v) is 12.2. The average Bonchev–Trinajstić information content (AvgIpc) is 3.57. The number of para-hydroxylation sites is 1. The van der Waals surface area contributed by atoms with Crippen LogP contribution in [-0.2, 0) is 22.7 Å². The summed E-state index contributed by atoms with van der Waals surface area (Å²) in [7, 11) is -1.48. The summed E-state index contributed by atoms with van der Waals surface area (Å²) in [5.41, 5.74) is 8.60. The van der Waals surface area contributed by atoms with E-state index in [-0.39, 0.29) is 19.8 Å². The lowest BCUT2D eigenvalue weighted by molar-refractivity contribution is 0.377. The smallest absolute Gasteiger partial charge is 0.421 e. The summed E-state index contributed by atoms with van der Waals surface area (Å²) in [5, 5.41) is 0. The van der Waals surface area contributed by atoms with Crippen LogP contribution in [0, 0.1) is 13.8 Å². The minimum absolute atomic E-state index is 0.0820. The summed E-state index contributed by atoms with van der Waals surface area (Å²) in [5.74, 6) is 3.72. The molecule has 0 amide bonds. The molecule has 2 unspecified atom stereocenters. The second-order valence-corrected chi connectivity index (χ2v) is 17.7. The van der Waals surface area contributed by atoms with Crippen LogP contribution in [0.1, 0.15) is 100 Å². The van der Waals surface area contributed by atoms with Gasteiger partial charge in [-0.3, -0.25) is 8.68 Å². The fourth-order valence-electron chi connectivity index (χ4n) is 6.42. The van der Waals surface area contributed by atoms with Gasteiger partial charge in [0.1, 0.15) is 5.75 Å². The van der Waals surface area contributed by atoms with Gasteiger partial charge in [0.15, 0.2) is 32.0 Å². The zero-order valence-corrected chi connectivity index (χ0v) is 31.6. The number of nitrogens with zero attached hydrogens (tertiary/aromatic N) is 2. The van der Waals surface area contributed by atoms with E-state index in [1.54, 1.807) is 0 Å².